The summed E-state index contributed by atoms with van der Waals surface area (Å²) < 4.78 is 5.06. The van der Waals surface area contributed by atoms with Gasteiger partial charge in [0.25, 0.3) is 0 Å². The minimum Gasteiger partial charge on any atom is -0.497 e. The lowest BCUT2D eigenvalue weighted by Gasteiger charge is -2.08. The summed E-state index contributed by atoms with van der Waals surface area (Å²) in [6.45, 7) is 2.67. The van der Waals surface area contributed by atoms with E-state index < -0.39 is 0 Å². The lowest BCUT2D eigenvalue weighted by atomic mass is 10.1. The fraction of sp³-hybridized carbons (Fsp3) is 0.429. The van der Waals surface area contributed by atoms with E-state index in [0.717, 1.165) is 19.3 Å². The van der Waals surface area contributed by atoms with E-state index in [1.165, 1.54) is 0 Å². The quantitative estimate of drug-likeness (QED) is 0.235. The van der Waals surface area contributed by atoms with Crippen LogP contribution < -0.4 is 10.2 Å². The van der Waals surface area contributed by atoms with Crippen LogP contribution >= 0.6 is 0 Å². The summed E-state index contributed by atoms with van der Waals surface area (Å²) in [6, 6.07) is 6.94. The summed E-state index contributed by atoms with van der Waals surface area (Å²) in [4.78, 5) is 4.20. The molecule has 0 radical (unpaired) electrons. The maximum atomic E-state index is 9.15. The topological polar surface area (TPSA) is 86.4 Å². The van der Waals surface area contributed by atoms with Gasteiger partial charge >= 0.3 is 0 Å². The Morgan fingerprint density at radius 2 is 1.95 bits per heavy atom. The summed E-state index contributed by atoms with van der Waals surface area (Å²) in [6.07, 6.45) is 3.08. The third-order valence-corrected chi connectivity index (χ3v) is 2.83. The highest BCUT2D eigenvalue weighted by atomic mass is 16.5. The first-order chi connectivity index (χ1) is 9.76. The van der Waals surface area contributed by atoms with Gasteiger partial charge in [-0.1, -0.05) is 24.9 Å². The molecule has 0 bridgehead atoms. The van der Waals surface area contributed by atoms with Gasteiger partial charge in [-0.3, -0.25) is 15.7 Å². The summed E-state index contributed by atoms with van der Waals surface area (Å²) in [7, 11) is 1.58. The van der Waals surface area contributed by atoms with Gasteiger partial charge in [-0.15, -0.1) is 0 Å². The molecular weight excluding hydrogens is 258 g/mol. The van der Waals surface area contributed by atoms with Crippen LogP contribution in [0.5, 0.6) is 5.75 Å². The number of oxime groups is 1. The Labute approximate surface area is 118 Å². The Balaban J connectivity index is 2.85. The molecule has 0 atom stereocenters. The van der Waals surface area contributed by atoms with Crippen molar-refractivity contribution >= 4 is 11.5 Å². The second kappa shape index (κ2) is 8.92. The molecule has 1 rings (SSSR count). The van der Waals surface area contributed by atoms with Crippen molar-refractivity contribution in [2.45, 2.75) is 26.2 Å². The van der Waals surface area contributed by atoms with E-state index in [1.807, 2.05) is 5.48 Å². The molecule has 6 heteroatoms. The second-order valence-corrected chi connectivity index (χ2v) is 4.23. The number of hydrogen-bond donors (Lipinski definition) is 3. The Morgan fingerprint density at radius 3 is 2.45 bits per heavy atom. The van der Waals surface area contributed by atoms with Crippen LogP contribution in [0.25, 0.3) is 0 Å². The number of nitrogens with zero attached hydrogens (tertiary/aromatic N) is 2. The van der Waals surface area contributed by atoms with Gasteiger partial charge in [0.05, 0.1) is 7.11 Å². The van der Waals surface area contributed by atoms with Gasteiger partial charge in [0.2, 0.25) is 0 Å². The van der Waals surface area contributed by atoms with Gasteiger partial charge in [0.1, 0.15) is 5.75 Å². The molecule has 20 heavy (non-hydrogen) atoms. The molecule has 0 aliphatic carbocycles. The lowest BCUT2D eigenvalue weighted by molar-refractivity contribution is 0.235. The number of ether oxygens (including phenoxy) is 1. The Kier molecular flexibility index (Phi) is 7.13. The molecule has 0 amide bonds. The largest absolute Gasteiger partial charge is 0.497 e. The number of hydrogen-bond acceptors (Lipinski definition) is 5. The normalized spacial score (nSPS) is 12.3. The van der Waals surface area contributed by atoms with Gasteiger partial charge in [-0.05, 0) is 30.7 Å². The van der Waals surface area contributed by atoms with Crippen LogP contribution in [-0.2, 0) is 0 Å². The number of unbranched alkanes of at least 4 members (excludes halogenated alkanes) is 2. The van der Waals surface area contributed by atoms with Crippen molar-refractivity contribution in [3.05, 3.63) is 29.8 Å². The maximum Gasteiger partial charge on any atom is 0.175 e. The SMILES string of the molecule is CCCCCN=C(NO)/C(=N/O)c1ccc(OC)cc1. The number of amidine groups is 1. The summed E-state index contributed by atoms with van der Waals surface area (Å²) in [5, 5.41) is 21.5. The maximum absolute atomic E-state index is 9.15. The Morgan fingerprint density at radius 1 is 1.25 bits per heavy atom. The van der Waals surface area contributed by atoms with Crippen LogP contribution in [0, 0.1) is 0 Å². The number of aliphatic imine (C=N–C) groups is 1. The van der Waals surface area contributed by atoms with Gasteiger partial charge in [-0.2, -0.15) is 0 Å². The first-order valence-corrected chi connectivity index (χ1v) is 6.58. The van der Waals surface area contributed by atoms with E-state index in [9.17, 15) is 0 Å². The molecule has 0 fully saturated rings. The predicted octanol–water partition coefficient (Wildman–Crippen LogP) is 2.44. The Hall–Kier alpha value is -2.08. The third-order valence-electron chi connectivity index (χ3n) is 2.83. The predicted molar refractivity (Wildman–Crippen MR) is 78.1 cm³/mol. The highest BCUT2D eigenvalue weighted by Gasteiger charge is 2.12. The van der Waals surface area contributed by atoms with Crippen LogP contribution in [0.3, 0.4) is 0 Å². The van der Waals surface area contributed by atoms with Crippen molar-refractivity contribution < 1.29 is 15.2 Å². The smallest absolute Gasteiger partial charge is 0.175 e. The molecule has 1 aromatic carbocycles. The molecule has 0 aromatic heterocycles. The zero-order chi connectivity index (χ0) is 14.8. The average molecular weight is 279 g/mol. The highest BCUT2D eigenvalue weighted by Crippen LogP contribution is 2.12. The average Bonchev–Trinajstić information content (AvgIpc) is 2.50. The molecule has 0 aliphatic heterocycles. The van der Waals surface area contributed by atoms with E-state index in [0.29, 0.717) is 17.9 Å². The van der Waals surface area contributed by atoms with Crippen molar-refractivity contribution in [2.75, 3.05) is 13.7 Å². The molecular formula is C14H21N3O3. The van der Waals surface area contributed by atoms with Crippen LogP contribution in [-0.4, -0.2) is 35.6 Å². The van der Waals surface area contributed by atoms with Crippen molar-refractivity contribution in [2.24, 2.45) is 10.1 Å². The number of rotatable bonds is 7. The van der Waals surface area contributed by atoms with E-state index in [4.69, 9.17) is 15.2 Å². The van der Waals surface area contributed by atoms with E-state index in [1.54, 1.807) is 31.4 Å². The zero-order valence-corrected chi connectivity index (χ0v) is 11.8. The second-order valence-electron chi connectivity index (χ2n) is 4.23. The van der Waals surface area contributed by atoms with Crippen LogP contribution in [0.1, 0.15) is 31.7 Å². The van der Waals surface area contributed by atoms with Gasteiger partial charge in [0.15, 0.2) is 11.5 Å². The molecule has 0 saturated heterocycles. The first-order valence-electron chi connectivity index (χ1n) is 6.58. The third kappa shape index (κ3) is 4.55. The van der Waals surface area contributed by atoms with Crippen molar-refractivity contribution in [1.82, 2.24) is 5.48 Å². The minimum absolute atomic E-state index is 0.147. The van der Waals surface area contributed by atoms with Gasteiger partial charge < -0.3 is 9.94 Å². The molecule has 0 unspecified atom stereocenters. The molecule has 1 aromatic rings. The Bertz CT molecular complexity index is 455. The van der Waals surface area contributed by atoms with E-state index >= 15 is 0 Å². The summed E-state index contributed by atoms with van der Waals surface area (Å²) >= 11 is 0. The van der Waals surface area contributed by atoms with Gasteiger partial charge in [0, 0.05) is 12.1 Å². The first kappa shape index (κ1) is 16.0. The fourth-order valence-electron chi connectivity index (χ4n) is 1.71. The number of nitrogens with one attached hydrogen (secondary N) is 1. The van der Waals surface area contributed by atoms with Gasteiger partial charge in [-0.25, -0.2) is 0 Å². The molecule has 3 N–H and O–H groups in total. The number of benzene rings is 1. The molecule has 0 saturated carbocycles. The van der Waals surface area contributed by atoms with Crippen LogP contribution in [0.4, 0.5) is 0 Å². The lowest BCUT2D eigenvalue weighted by Crippen LogP contribution is -2.30. The summed E-state index contributed by atoms with van der Waals surface area (Å²) in [5.74, 6) is 0.846. The number of methoxy groups -OCH3 is 1. The van der Waals surface area contributed by atoms with E-state index in [2.05, 4.69) is 17.1 Å². The minimum atomic E-state index is 0.147. The molecule has 110 valence electrons. The number of hydroxylamine groups is 1. The zero-order valence-electron chi connectivity index (χ0n) is 11.8. The highest BCUT2D eigenvalue weighted by molar-refractivity contribution is 6.47. The summed E-state index contributed by atoms with van der Waals surface area (Å²) in [5.41, 5.74) is 2.80. The van der Waals surface area contributed by atoms with Crippen molar-refractivity contribution in [3.63, 3.8) is 0 Å². The van der Waals surface area contributed by atoms with Crippen molar-refractivity contribution in [3.8, 4) is 5.75 Å². The van der Waals surface area contributed by atoms with Crippen LogP contribution in [0.15, 0.2) is 34.4 Å². The molecule has 0 spiro atoms. The van der Waals surface area contributed by atoms with E-state index in [-0.39, 0.29) is 11.5 Å². The molecule has 6 nitrogen and oxygen atoms in total. The molecule has 0 aliphatic rings. The van der Waals surface area contributed by atoms with Crippen molar-refractivity contribution in [1.29, 1.82) is 0 Å². The fourth-order valence-corrected chi connectivity index (χ4v) is 1.71. The van der Waals surface area contributed by atoms with Crippen LogP contribution in [0.2, 0.25) is 0 Å². The molecule has 0 heterocycles. The standard InChI is InChI=1S/C14H21N3O3/c1-3-4-5-10-15-14(17-19)13(16-18)11-6-8-12(20-2)9-7-11/h6-9,18-19H,3-5,10H2,1-2H3,(H,15,17)/b16-13+. The monoisotopic (exact) mass is 279 g/mol.